The Morgan fingerprint density at radius 2 is 2.29 bits per heavy atom. The number of carbonyl (C=O) groups excluding carboxylic acids is 1. The molecule has 0 saturated carbocycles. The standard InChI is InChI=1S/C6H10O/c1-2-3-4-5-6-7/h4-6H,2-3H2,1H3/b5-4+/i1+1. The zero-order valence-corrected chi connectivity index (χ0v) is 4.55. The number of aldehydes is 1. The first-order valence-corrected chi connectivity index (χ1v) is 2.52. The predicted molar refractivity (Wildman–Crippen MR) is 30.1 cm³/mol. The second-order valence-electron chi connectivity index (χ2n) is 1.35. The molecule has 0 atom stereocenters. The van der Waals surface area contributed by atoms with Crippen LogP contribution in [-0.2, 0) is 4.79 Å². The minimum absolute atomic E-state index is 0.801. The van der Waals surface area contributed by atoms with Gasteiger partial charge in [0.15, 0.2) is 0 Å². The average molecular weight is 99.1 g/mol. The van der Waals surface area contributed by atoms with Gasteiger partial charge in [-0.3, -0.25) is 4.79 Å². The van der Waals surface area contributed by atoms with E-state index in [1.807, 2.05) is 6.08 Å². The number of hydrogen-bond acceptors (Lipinski definition) is 1. The van der Waals surface area contributed by atoms with Gasteiger partial charge in [-0.2, -0.15) is 0 Å². The van der Waals surface area contributed by atoms with Crippen LogP contribution in [0.1, 0.15) is 19.8 Å². The zero-order valence-electron chi connectivity index (χ0n) is 4.55. The van der Waals surface area contributed by atoms with Gasteiger partial charge in [0.2, 0.25) is 0 Å². The Balaban J connectivity index is 2.92. The van der Waals surface area contributed by atoms with Gasteiger partial charge in [0.25, 0.3) is 0 Å². The van der Waals surface area contributed by atoms with Crippen LogP contribution in [0, 0.1) is 0 Å². The van der Waals surface area contributed by atoms with Crippen LogP contribution in [0.15, 0.2) is 12.2 Å². The highest BCUT2D eigenvalue weighted by Crippen LogP contribution is 1.85. The molecule has 0 aliphatic rings. The minimum Gasteiger partial charge on any atom is -0.299 e. The van der Waals surface area contributed by atoms with Gasteiger partial charge < -0.3 is 0 Å². The Labute approximate surface area is 44.0 Å². The summed E-state index contributed by atoms with van der Waals surface area (Å²) in [5.41, 5.74) is 0. The molecule has 40 valence electrons. The largest absolute Gasteiger partial charge is 0.299 e. The predicted octanol–water partition coefficient (Wildman–Crippen LogP) is 1.54. The minimum atomic E-state index is 0.801. The molecule has 0 aromatic rings. The third kappa shape index (κ3) is 5.41. The molecular weight excluding hydrogens is 89.1 g/mol. The number of unbranched alkanes of at least 4 members (excludes halogenated alkanes) is 1. The average Bonchev–Trinajstić information content (AvgIpc) is 1.69. The summed E-state index contributed by atoms with van der Waals surface area (Å²) in [5, 5.41) is 0. The highest BCUT2D eigenvalue weighted by molar-refractivity contribution is 5.64. The fourth-order valence-electron chi connectivity index (χ4n) is 0.318. The highest BCUT2D eigenvalue weighted by atomic mass is 16.1. The van der Waals surface area contributed by atoms with Crippen LogP contribution in [-0.4, -0.2) is 6.29 Å². The van der Waals surface area contributed by atoms with Gasteiger partial charge in [0, 0.05) is 0 Å². The summed E-state index contributed by atoms with van der Waals surface area (Å²) in [5.74, 6) is 0. The lowest BCUT2D eigenvalue weighted by atomic mass is 10.4. The molecule has 0 rings (SSSR count). The van der Waals surface area contributed by atoms with Crippen LogP contribution in [0.4, 0.5) is 0 Å². The molecule has 0 unspecified atom stereocenters. The normalized spacial score (nSPS) is 9.86. The second-order valence-corrected chi connectivity index (χ2v) is 1.35. The molecule has 0 aromatic carbocycles. The Bertz CT molecular complexity index is 64.6. The molecule has 1 heteroatoms. The fourth-order valence-corrected chi connectivity index (χ4v) is 0.318. The summed E-state index contributed by atoms with van der Waals surface area (Å²) in [6, 6.07) is 0. The van der Waals surface area contributed by atoms with Crippen LogP contribution >= 0.6 is 0 Å². The van der Waals surface area contributed by atoms with Crippen molar-refractivity contribution in [2.75, 3.05) is 0 Å². The van der Waals surface area contributed by atoms with Gasteiger partial charge in [0.05, 0.1) is 0 Å². The van der Waals surface area contributed by atoms with Gasteiger partial charge in [-0.05, 0) is 12.5 Å². The Morgan fingerprint density at radius 1 is 1.57 bits per heavy atom. The van der Waals surface area contributed by atoms with Crippen LogP contribution in [0.25, 0.3) is 0 Å². The van der Waals surface area contributed by atoms with E-state index in [4.69, 9.17) is 0 Å². The van der Waals surface area contributed by atoms with Gasteiger partial charge >= 0.3 is 0 Å². The molecule has 0 aliphatic heterocycles. The molecule has 0 bridgehead atoms. The van der Waals surface area contributed by atoms with E-state index in [-0.39, 0.29) is 0 Å². The van der Waals surface area contributed by atoms with Crippen molar-refractivity contribution in [1.29, 1.82) is 0 Å². The number of rotatable bonds is 3. The fraction of sp³-hybridized carbons (Fsp3) is 0.500. The molecule has 7 heavy (non-hydrogen) atoms. The molecule has 0 radical (unpaired) electrons. The first-order valence-electron chi connectivity index (χ1n) is 2.52. The first-order chi connectivity index (χ1) is 3.41. The van der Waals surface area contributed by atoms with E-state index in [1.54, 1.807) is 0 Å². The van der Waals surface area contributed by atoms with Gasteiger partial charge in [0.1, 0.15) is 6.29 Å². The van der Waals surface area contributed by atoms with Crippen molar-refractivity contribution in [3.8, 4) is 0 Å². The van der Waals surface area contributed by atoms with Gasteiger partial charge in [-0.15, -0.1) is 0 Å². The Morgan fingerprint density at radius 3 is 2.71 bits per heavy atom. The molecule has 0 aromatic heterocycles. The molecule has 0 N–H and O–H groups in total. The summed E-state index contributed by atoms with van der Waals surface area (Å²) < 4.78 is 0. The maximum absolute atomic E-state index is 9.59. The van der Waals surface area contributed by atoms with E-state index >= 15 is 0 Å². The second kappa shape index (κ2) is 5.41. The summed E-state index contributed by atoms with van der Waals surface area (Å²) >= 11 is 0. The molecule has 0 saturated heterocycles. The van der Waals surface area contributed by atoms with Crippen molar-refractivity contribution >= 4 is 6.29 Å². The van der Waals surface area contributed by atoms with Crippen molar-refractivity contribution in [2.45, 2.75) is 19.8 Å². The smallest absolute Gasteiger partial charge is 0.142 e. The van der Waals surface area contributed by atoms with Crippen molar-refractivity contribution in [3.05, 3.63) is 12.2 Å². The molecule has 0 aliphatic carbocycles. The van der Waals surface area contributed by atoms with E-state index in [0.29, 0.717) is 0 Å². The van der Waals surface area contributed by atoms with Gasteiger partial charge in [-0.25, -0.2) is 0 Å². The van der Waals surface area contributed by atoms with E-state index in [1.165, 1.54) is 6.08 Å². The lowest BCUT2D eigenvalue weighted by Gasteiger charge is -1.76. The zero-order chi connectivity index (χ0) is 5.54. The lowest BCUT2D eigenvalue weighted by molar-refractivity contribution is -0.104. The van der Waals surface area contributed by atoms with Crippen molar-refractivity contribution in [2.24, 2.45) is 0 Å². The van der Waals surface area contributed by atoms with E-state index in [2.05, 4.69) is 6.92 Å². The maximum Gasteiger partial charge on any atom is 0.142 e. The summed E-state index contributed by atoms with van der Waals surface area (Å²) in [6.45, 7) is 2.08. The number of allylic oxidation sites excluding steroid dienone is 2. The quantitative estimate of drug-likeness (QED) is 0.298. The summed E-state index contributed by atoms with van der Waals surface area (Å²) in [4.78, 5) is 9.59. The van der Waals surface area contributed by atoms with Crippen LogP contribution in [0.2, 0.25) is 0 Å². The Hall–Kier alpha value is -0.590. The van der Waals surface area contributed by atoms with Crippen LogP contribution in [0.5, 0.6) is 0 Å². The molecule has 0 amide bonds. The number of carbonyl (C=O) groups is 1. The van der Waals surface area contributed by atoms with Crippen molar-refractivity contribution in [3.63, 3.8) is 0 Å². The third-order valence-electron chi connectivity index (χ3n) is 0.670. The summed E-state index contributed by atoms with van der Waals surface area (Å²) in [7, 11) is 0. The molecule has 0 spiro atoms. The first kappa shape index (κ1) is 6.41. The topological polar surface area (TPSA) is 17.1 Å². The molecule has 0 fully saturated rings. The monoisotopic (exact) mass is 99.1 g/mol. The molecule has 1 nitrogen and oxygen atoms in total. The van der Waals surface area contributed by atoms with Gasteiger partial charge in [-0.1, -0.05) is 19.4 Å². The highest BCUT2D eigenvalue weighted by Gasteiger charge is 1.67. The van der Waals surface area contributed by atoms with Crippen molar-refractivity contribution < 1.29 is 4.79 Å². The van der Waals surface area contributed by atoms with Crippen LogP contribution < -0.4 is 0 Å². The molecular formula is C6H10O. The van der Waals surface area contributed by atoms with E-state index < -0.39 is 0 Å². The van der Waals surface area contributed by atoms with E-state index in [0.717, 1.165) is 19.1 Å². The SMILES string of the molecule is [13CH3]CC/C=C/C=O. The maximum atomic E-state index is 9.59. The Kier molecular flexibility index (Phi) is 4.95. The third-order valence-corrected chi connectivity index (χ3v) is 0.670. The lowest BCUT2D eigenvalue weighted by Crippen LogP contribution is -1.61. The molecule has 0 heterocycles. The number of hydrogen-bond donors (Lipinski definition) is 0. The summed E-state index contributed by atoms with van der Waals surface area (Å²) in [6.07, 6.45) is 6.33. The van der Waals surface area contributed by atoms with Crippen LogP contribution in [0.3, 0.4) is 0 Å². The van der Waals surface area contributed by atoms with Crippen molar-refractivity contribution in [1.82, 2.24) is 0 Å². The van der Waals surface area contributed by atoms with E-state index in [9.17, 15) is 4.79 Å².